The molecule has 0 atom stereocenters. The van der Waals surface area contributed by atoms with E-state index in [4.69, 9.17) is 25.8 Å². The number of halogens is 1. The zero-order valence-electron chi connectivity index (χ0n) is 12.1. The maximum absolute atomic E-state index is 6.15. The van der Waals surface area contributed by atoms with Crippen molar-refractivity contribution in [3.05, 3.63) is 23.8 Å². The molecule has 0 amide bonds. The molecular weight excluding hydrogens is 278 g/mol. The van der Waals surface area contributed by atoms with E-state index in [2.05, 4.69) is 5.32 Å². The summed E-state index contributed by atoms with van der Waals surface area (Å²) in [7, 11) is 3.29. The predicted octanol–water partition coefficient (Wildman–Crippen LogP) is 2.58. The molecule has 0 unspecified atom stereocenters. The minimum atomic E-state index is -0.0209. The fraction of sp³-hybridized carbons (Fsp3) is 0.600. The topological polar surface area (TPSA) is 39.7 Å². The summed E-state index contributed by atoms with van der Waals surface area (Å²) >= 11 is 6.15. The zero-order valence-corrected chi connectivity index (χ0v) is 12.8. The molecule has 0 radical (unpaired) electrons. The van der Waals surface area contributed by atoms with E-state index in [1.54, 1.807) is 14.2 Å². The van der Waals surface area contributed by atoms with Crippen LogP contribution in [0.3, 0.4) is 0 Å². The summed E-state index contributed by atoms with van der Waals surface area (Å²) in [5.41, 5.74) is 1.13. The Morgan fingerprint density at radius 1 is 1.20 bits per heavy atom. The van der Waals surface area contributed by atoms with Gasteiger partial charge in [0, 0.05) is 31.2 Å². The lowest BCUT2D eigenvalue weighted by Gasteiger charge is -2.36. The summed E-state index contributed by atoms with van der Waals surface area (Å²) in [6.45, 7) is 2.30. The smallest absolute Gasteiger partial charge is 0.161 e. The first-order valence-corrected chi connectivity index (χ1v) is 7.36. The number of methoxy groups -OCH3 is 2. The van der Waals surface area contributed by atoms with Crippen LogP contribution in [0.4, 0.5) is 0 Å². The van der Waals surface area contributed by atoms with Crippen molar-refractivity contribution in [2.24, 2.45) is 0 Å². The average molecular weight is 300 g/mol. The van der Waals surface area contributed by atoms with E-state index in [0.717, 1.165) is 49.7 Å². The van der Waals surface area contributed by atoms with E-state index in [9.17, 15) is 0 Å². The molecule has 5 heteroatoms. The van der Waals surface area contributed by atoms with Crippen molar-refractivity contribution in [1.82, 2.24) is 5.32 Å². The van der Waals surface area contributed by atoms with Crippen LogP contribution in [0.2, 0.25) is 0 Å². The van der Waals surface area contributed by atoms with E-state index in [1.807, 2.05) is 18.2 Å². The highest BCUT2D eigenvalue weighted by Crippen LogP contribution is 2.28. The van der Waals surface area contributed by atoms with Crippen molar-refractivity contribution >= 4 is 11.6 Å². The number of hydrogen-bond acceptors (Lipinski definition) is 4. The van der Waals surface area contributed by atoms with Gasteiger partial charge in [-0.25, -0.2) is 0 Å². The highest BCUT2D eigenvalue weighted by atomic mass is 35.5. The van der Waals surface area contributed by atoms with Gasteiger partial charge >= 0.3 is 0 Å². The molecule has 1 fully saturated rings. The third kappa shape index (κ3) is 3.57. The summed E-state index contributed by atoms with van der Waals surface area (Å²) in [6.07, 6.45) is 1.90. The van der Waals surface area contributed by atoms with Crippen molar-refractivity contribution in [3.8, 4) is 11.5 Å². The van der Waals surface area contributed by atoms with Gasteiger partial charge in [-0.15, -0.1) is 11.6 Å². The maximum atomic E-state index is 6.15. The Hall–Kier alpha value is -0.970. The van der Waals surface area contributed by atoms with Gasteiger partial charge in [0.25, 0.3) is 0 Å². The maximum Gasteiger partial charge on any atom is 0.161 e. The molecule has 1 aliphatic heterocycles. The first kappa shape index (κ1) is 15.4. The third-order valence-corrected chi connectivity index (χ3v) is 4.33. The van der Waals surface area contributed by atoms with Crippen LogP contribution in [0.25, 0.3) is 0 Å². The molecule has 112 valence electrons. The van der Waals surface area contributed by atoms with Crippen LogP contribution in [0.5, 0.6) is 11.5 Å². The van der Waals surface area contributed by atoms with Crippen molar-refractivity contribution < 1.29 is 14.2 Å². The largest absolute Gasteiger partial charge is 0.493 e. The molecule has 1 saturated heterocycles. The number of benzene rings is 1. The van der Waals surface area contributed by atoms with Crippen molar-refractivity contribution in [3.63, 3.8) is 0 Å². The van der Waals surface area contributed by atoms with E-state index in [0.29, 0.717) is 5.88 Å². The second-order valence-corrected chi connectivity index (χ2v) is 5.34. The lowest BCUT2D eigenvalue weighted by molar-refractivity contribution is 0.0459. The summed E-state index contributed by atoms with van der Waals surface area (Å²) < 4.78 is 16.0. The summed E-state index contributed by atoms with van der Waals surface area (Å²) in [5, 5.41) is 3.58. The minimum Gasteiger partial charge on any atom is -0.493 e. The van der Waals surface area contributed by atoms with Crippen LogP contribution >= 0.6 is 11.6 Å². The average Bonchev–Trinajstić information content (AvgIpc) is 2.53. The van der Waals surface area contributed by atoms with Gasteiger partial charge in [0.1, 0.15) is 0 Å². The Balaban J connectivity index is 2.02. The number of rotatable bonds is 6. The fourth-order valence-corrected chi connectivity index (χ4v) is 2.76. The molecule has 0 saturated carbocycles. The Kier molecular flexibility index (Phi) is 5.52. The molecule has 1 aromatic rings. The molecule has 0 bridgehead atoms. The number of hydrogen-bond donors (Lipinski definition) is 1. The third-order valence-electron chi connectivity index (χ3n) is 3.82. The Morgan fingerprint density at radius 3 is 2.50 bits per heavy atom. The second kappa shape index (κ2) is 7.16. The van der Waals surface area contributed by atoms with Gasteiger partial charge < -0.3 is 19.5 Å². The van der Waals surface area contributed by atoms with Gasteiger partial charge in [-0.1, -0.05) is 6.07 Å². The second-order valence-electron chi connectivity index (χ2n) is 5.07. The predicted molar refractivity (Wildman–Crippen MR) is 79.9 cm³/mol. The summed E-state index contributed by atoms with van der Waals surface area (Å²) in [6, 6.07) is 5.95. The molecule has 0 aromatic heterocycles. The number of nitrogens with one attached hydrogen (secondary N) is 1. The molecule has 1 aromatic carbocycles. The zero-order chi connectivity index (χ0) is 14.4. The normalized spacial score (nSPS) is 17.8. The number of alkyl halides is 1. The van der Waals surface area contributed by atoms with Crippen LogP contribution < -0.4 is 14.8 Å². The van der Waals surface area contributed by atoms with Gasteiger partial charge in [-0.2, -0.15) is 0 Å². The summed E-state index contributed by atoms with van der Waals surface area (Å²) in [5.74, 6) is 2.09. The quantitative estimate of drug-likeness (QED) is 0.820. The standard InChI is InChI=1S/C15H22ClNO3/c1-18-13-4-3-12(9-14(13)19-2)10-17-15(11-16)5-7-20-8-6-15/h3-4,9,17H,5-8,10-11H2,1-2H3. The molecule has 1 aliphatic rings. The van der Waals surface area contributed by atoms with Gasteiger partial charge in [-0.3, -0.25) is 0 Å². The molecule has 0 aliphatic carbocycles. The molecule has 0 spiro atoms. The molecular formula is C15H22ClNO3. The van der Waals surface area contributed by atoms with E-state index >= 15 is 0 Å². The molecule has 2 rings (SSSR count). The highest BCUT2D eigenvalue weighted by molar-refractivity contribution is 6.18. The number of ether oxygens (including phenoxy) is 3. The van der Waals surface area contributed by atoms with E-state index in [-0.39, 0.29) is 5.54 Å². The van der Waals surface area contributed by atoms with Gasteiger partial charge in [-0.05, 0) is 30.5 Å². The summed E-state index contributed by atoms with van der Waals surface area (Å²) in [4.78, 5) is 0. The van der Waals surface area contributed by atoms with Gasteiger partial charge in [0.05, 0.1) is 14.2 Å². The highest BCUT2D eigenvalue weighted by Gasteiger charge is 2.31. The Morgan fingerprint density at radius 2 is 1.90 bits per heavy atom. The molecule has 1 N–H and O–H groups in total. The first-order chi connectivity index (χ1) is 9.73. The van der Waals surface area contributed by atoms with Crippen molar-refractivity contribution in [1.29, 1.82) is 0 Å². The molecule has 4 nitrogen and oxygen atoms in total. The van der Waals surface area contributed by atoms with Crippen molar-refractivity contribution in [2.75, 3.05) is 33.3 Å². The van der Waals surface area contributed by atoms with E-state index in [1.165, 1.54) is 0 Å². The molecule has 1 heterocycles. The lowest BCUT2D eigenvalue weighted by Crippen LogP contribution is -2.50. The van der Waals surface area contributed by atoms with Gasteiger partial charge in [0.2, 0.25) is 0 Å². The van der Waals surface area contributed by atoms with E-state index < -0.39 is 0 Å². The first-order valence-electron chi connectivity index (χ1n) is 6.83. The van der Waals surface area contributed by atoms with Crippen LogP contribution in [-0.4, -0.2) is 38.9 Å². The lowest BCUT2D eigenvalue weighted by atomic mass is 9.92. The van der Waals surface area contributed by atoms with Crippen LogP contribution in [-0.2, 0) is 11.3 Å². The van der Waals surface area contributed by atoms with Crippen LogP contribution in [0.15, 0.2) is 18.2 Å². The van der Waals surface area contributed by atoms with Gasteiger partial charge in [0.15, 0.2) is 11.5 Å². The SMILES string of the molecule is COc1ccc(CNC2(CCl)CCOCC2)cc1OC. The van der Waals surface area contributed by atoms with Crippen LogP contribution in [0, 0.1) is 0 Å². The fourth-order valence-electron chi connectivity index (χ4n) is 2.40. The molecule has 20 heavy (non-hydrogen) atoms. The minimum absolute atomic E-state index is 0.0209. The Bertz CT molecular complexity index is 433. The monoisotopic (exact) mass is 299 g/mol. The van der Waals surface area contributed by atoms with Crippen molar-refractivity contribution in [2.45, 2.75) is 24.9 Å². The Labute approximate surface area is 125 Å². The van der Waals surface area contributed by atoms with Crippen LogP contribution in [0.1, 0.15) is 18.4 Å².